The predicted octanol–water partition coefficient (Wildman–Crippen LogP) is 5.04. The Labute approximate surface area is 212 Å². The summed E-state index contributed by atoms with van der Waals surface area (Å²) in [4.78, 5) is 12.0. The molecule has 3 N–H and O–H groups in total. The van der Waals surface area contributed by atoms with E-state index in [4.69, 9.17) is 4.74 Å². The van der Waals surface area contributed by atoms with Crippen molar-refractivity contribution in [3.8, 4) is 0 Å². The zero-order valence-corrected chi connectivity index (χ0v) is 22.5. The highest BCUT2D eigenvalue weighted by Crippen LogP contribution is 2.67. The van der Waals surface area contributed by atoms with Crippen LogP contribution in [0, 0.1) is 46.3 Å². The maximum Gasteiger partial charge on any atom is 0.302 e. The van der Waals surface area contributed by atoms with E-state index in [1.807, 2.05) is 0 Å². The van der Waals surface area contributed by atoms with Crippen molar-refractivity contribution in [2.45, 2.75) is 104 Å². The molecule has 5 nitrogen and oxygen atoms in total. The van der Waals surface area contributed by atoms with E-state index in [1.165, 1.54) is 12.5 Å². The number of allylic oxidation sites excluding steroid dienone is 2. The van der Waals surface area contributed by atoms with Gasteiger partial charge in [0.15, 0.2) is 0 Å². The van der Waals surface area contributed by atoms with Gasteiger partial charge in [-0.25, -0.2) is 0 Å². The van der Waals surface area contributed by atoms with Crippen LogP contribution in [-0.4, -0.2) is 46.2 Å². The molecule has 0 amide bonds. The Morgan fingerprint density at radius 1 is 1.23 bits per heavy atom. The highest BCUT2D eigenvalue weighted by molar-refractivity contribution is 5.66. The Morgan fingerprint density at radius 2 is 1.94 bits per heavy atom. The van der Waals surface area contributed by atoms with Gasteiger partial charge >= 0.3 is 5.97 Å². The zero-order chi connectivity index (χ0) is 25.7. The summed E-state index contributed by atoms with van der Waals surface area (Å²) >= 11 is 0. The van der Waals surface area contributed by atoms with Crippen molar-refractivity contribution in [2.24, 2.45) is 46.3 Å². The Morgan fingerprint density at radius 3 is 2.60 bits per heavy atom. The molecule has 0 spiro atoms. The van der Waals surface area contributed by atoms with Crippen molar-refractivity contribution >= 4 is 5.97 Å². The van der Waals surface area contributed by atoms with Gasteiger partial charge in [0, 0.05) is 24.2 Å². The van der Waals surface area contributed by atoms with E-state index < -0.39 is 23.7 Å². The molecule has 10 unspecified atom stereocenters. The first kappa shape index (κ1) is 26.9. The van der Waals surface area contributed by atoms with E-state index in [2.05, 4.69) is 40.3 Å². The van der Waals surface area contributed by atoms with Crippen molar-refractivity contribution in [1.29, 1.82) is 0 Å². The molecular weight excluding hydrogens is 440 g/mol. The second-order valence-corrected chi connectivity index (χ2v) is 13.0. The van der Waals surface area contributed by atoms with Gasteiger partial charge in [-0.2, -0.15) is 0 Å². The number of esters is 1. The summed E-state index contributed by atoms with van der Waals surface area (Å²) in [5, 5.41) is 33.3. The molecule has 0 aliphatic heterocycles. The topological polar surface area (TPSA) is 87.0 Å². The van der Waals surface area contributed by atoms with Crippen LogP contribution in [0.4, 0.5) is 0 Å². The number of carbonyl (C=O) groups excluding carboxylic acids is 1. The average Bonchev–Trinajstić information content (AvgIpc) is 3.16. The van der Waals surface area contributed by atoms with Gasteiger partial charge in [-0.1, -0.05) is 51.5 Å². The van der Waals surface area contributed by atoms with Gasteiger partial charge in [-0.3, -0.25) is 4.79 Å². The summed E-state index contributed by atoms with van der Waals surface area (Å²) in [6.45, 7) is 15.0. The van der Waals surface area contributed by atoms with Crippen LogP contribution >= 0.6 is 0 Å². The van der Waals surface area contributed by atoms with Gasteiger partial charge in [-0.05, 0) is 80.5 Å². The van der Waals surface area contributed by atoms with Crippen molar-refractivity contribution in [2.75, 3.05) is 6.61 Å². The van der Waals surface area contributed by atoms with Crippen molar-refractivity contribution in [1.82, 2.24) is 0 Å². The highest BCUT2D eigenvalue weighted by atomic mass is 16.5. The molecule has 35 heavy (non-hydrogen) atoms. The van der Waals surface area contributed by atoms with Crippen molar-refractivity contribution in [3.05, 3.63) is 23.8 Å². The van der Waals surface area contributed by atoms with Gasteiger partial charge in [0.05, 0.1) is 24.9 Å². The fourth-order valence-electron chi connectivity index (χ4n) is 8.91. The average molecular weight is 489 g/mol. The monoisotopic (exact) mass is 488 g/mol. The summed E-state index contributed by atoms with van der Waals surface area (Å²) in [6.07, 6.45) is 7.21. The van der Waals surface area contributed by atoms with E-state index in [9.17, 15) is 20.1 Å². The number of fused-ring (bicyclic) bond motifs is 5. The third-order valence-corrected chi connectivity index (χ3v) is 10.9. The molecule has 4 rings (SSSR count). The van der Waals surface area contributed by atoms with E-state index in [0.29, 0.717) is 49.5 Å². The lowest BCUT2D eigenvalue weighted by Gasteiger charge is -2.61. The highest BCUT2D eigenvalue weighted by Gasteiger charge is 2.65. The Hall–Kier alpha value is -1.17. The van der Waals surface area contributed by atoms with Crippen LogP contribution in [0.2, 0.25) is 0 Å². The molecule has 3 fully saturated rings. The molecule has 4 aliphatic rings. The van der Waals surface area contributed by atoms with Gasteiger partial charge in [0.1, 0.15) is 0 Å². The largest absolute Gasteiger partial charge is 0.465 e. The smallest absolute Gasteiger partial charge is 0.302 e. The van der Waals surface area contributed by atoms with Crippen LogP contribution < -0.4 is 0 Å². The number of aliphatic hydroxyl groups is 3. The lowest BCUT2D eigenvalue weighted by Crippen LogP contribution is -2.61. The number of carbonyl (C=O) groups is 1. The lowest BCUT2D eigenvalue weighted by molar-refractivity contribution is -0.182. The van der Waals surface area contributed by atoms with Gasteiger partial charge in [0.2, 0.25) is 0 Å². The fraction of sp³-hybridized carbons (Fsp3) is 0.833. The second-order valence-electron chi connectivity index (χ2n) is 13.0. The van der Waals surface area contributed by atoms with Crippen LogP contribution in [0.25, 0.3) is 0 Å². The molecule has 0 heterocycles. The van der Waals surface area contributed by atoms with Crippen LogP contribution in [-0.2, 0) is 9.53 Å². The summed E-state index contributed by atoms with van der Waals surface area (Å²) < 4.78 is 5.76. The molecule has 5 heteroatoms. The minimum absolute atomic E-state index is 0.0322. The summed E-state index contributed by atoms with van der Waals surface area (Å²) in [6, 6.07) is 0. The van der Waals surface area contributed by atoms with Crippen molar-refractivity contribution < 1.29 is 24.9 Å². The van der Waals surface area contributed by atoms with Gasteiger partial charge in [-0.15, -0.1) is 0 Å². The third kappa shape index (κ3) is 4.55. The van der Waals surface area contributed by atoms with Crippen LogP contribution in [0.5, 0.6) is 0 Å². The molecule has 0 aromatic carbocycles. The number of hydrogen-bond donors (Lipinski definition) is 3. The Bertz CT molecular complexity index is 848. The quantitative estimate of drug-likeness (QED) is 0.345. The van der Waals surface area contributed by atoms with E-state index >= 15 is 0 Å². The Kier molecular flexibility index (Phi) is 7.64. The maximum absolute atomic E-state index is 12.0. The first-order valence-corrected chi connectivity index (χ1v) is 14.0. The SMILES string of the molecule is C=C(CCC(C)C1CCC2C3CC=C4CC(O)CC(O)C4(C)C3C(O)CC12COC(C)=O)C(C)C. The minimum atomic E-state index is -0.654. The third-order valence-electron chi connectivity index (χ3n) is 10.9. The normalized spacial score (nSPS) is 43.6. The second kappa shape index (κ2) is 9.95. The van der Waals surface area contributed by atoms with Crippen molar-refractivity contribution in [3.63, 3.8) is 0 Å². The molecule has 0 saturated heterocycles. The van der Waals surface area contributed by atoms with E-state index in [1.54, 1.807) is 0 Å². The molecule has 10 atom stereocenters. The number of hydrogen-bond acceptors (Lipinski definition) is 5. The molecule has 0 bridgehead atoms. The standard InChI is InChI=1S/C30H48O5/c1-17(2)18(3)7-8-19(4)24-11-12-25-23-10-9-21-13-22(32)14-27(34)29(21,6)28(23)26(33)15-30(24,25)16-35-20(5)31/h9,17,19,22-28,32-34H,3,7-8,10-16H2,1-2,4-6H3. The summed E-state index contributed by atoms with van der Waals surface area (Å²) in [5.74, 6) is 1.63. The lowest BCUT2D eigenvalue weighted by atomic mass is 9.45. The van der Waals surface area contributed by atoms with E-state index in [0.717, 1.165) is 37.7 Å². The molecule has 0 radical (unpaired) electrons. The summed E-state index contributed by atoms with van der Waals surface area (Å²) in [7, 11) is 0. The zero-order valence-electron chi connectivity index (χ0n) is 22.5. The molecule has 0 aromatic rings. The van der Waals surface area contributed by atoms with Crippen LogP contribution in [0.3, 0.4) is 0 Å². The van der Waals surface area contributed by atoms with Gasteiger partial charge in [0.25, 0.3) is 0 Å². The molecular formula is C30H48O5. The molecule has 3 saturated carbocycles. The van der Waals surface area contributed by atoms with Crippen LogP contribution in [0.15, 0.2) is 23.8 Å². The first-order chi connectivity index (χ1) is 16.4. The van der Waals surface area contributed by atoms with Crippen LogP contribution in [0.1, 0.15) is 86.0 Å². The predicted molar refractivity (Wildman–Crippen MR) is 137 cm³/mol. The van der Waals surface area contributed by atoms with Gasteiger partial charge < -0.3 is 20.1 Å². The summed E-state index contributed by atoms with van der Waals surface area (Å²) in [5.41, 5.74) is 1.67. The molecule has 0 aromatic heterocycles. The minimum Gasteiger partial charge on any atom is -0.465 e. The van der Waals surface area contributed by atoms with E-state index in [-0.39, 0.29) is 23.2 Å². The first-order valence-electron chi connectivity index (χ1n) is 14.0. The number of ether oxygens (including phenoxy) is 1. The fourth-order valence-corrected chi connectivity index (χ4v) is 8.91. The number of aliphatic hydroxyl groups excluding tert-OH is 3. The number of rotatable bonds is 7. The Balaban J connectivity index is 1.65. The maximum atomic E-state index is 12.0. The molecule has 4 aliphatic carbocycles. The molecule has 198 valence electrons.